The maximum absolute atomic E-state index is 3.18. The van der Waals surface area contributed by atoms with Crippen molar-refractivity contribution >= 4 is 0 Å². The predicted molar refractivity (Wildman–Crippen MR) is 74.1 cm³/mol. The molecular weight excluding hydrogens is 204 g/mol. The van der Waals surface area contributed by atoms with E-state index in [1.54, 1.807) is 0 Å². The third kappa shape index (κ3) is 2.76. The number of aryl methyl sites for hydroxylation is 2. The van der Waals surface area contributed by atoms with E-state index >= 15 is 0 Å². The van der Waals surface area contributed by atoms with Crippen LogP contribution in [0.5, 0.6) is 0 Å². The van der Waals surface area contributed by atoms with Gasteiger partial charge in [0, 0.05) is 0 Å². The molecule has 0 atom stereocenters. The Morgan fingerprint density at radius 2 is 2.00 bits per heavy atom. The van der Waals surface area contributed by atoms with Gasteiger partial charge in [0.15, 0.2) is 0 Å². The van der Waals surface area contributed by atoms with Crippen molar-refractivity contribution in [2.75, 3.05) is 0 Å². The summed E-state index contributed by atoms with van der Waals surface area (Å²) in [5.41, 5.74) is 5.50. The van der Waals surface area contributed by atoms with E-state index in [-0.39, 0.29) is 0 Å². The summed E-state index contributed by atoms with van der Waals surface area (Å²) in [4.78, 5) is 0. The summed E-state index contributed by atoms with van der Waals surface area (Å²) in [5, 5.41) is 0. The molecule has 0 saturated heterocycles. The molecule has 0 saturated carbocycles. The fourth-order valence-corrected chi connectivity index (χ4v) is 2.18. The van der Waals surface area contributed by atoms with Gasteiger partial charge in [0.05, 0.1) is 0 Å². The lowest BCUT2D eigenvalue weighted by Crippen LogP contribution is -1.90. The molecule has 2 aromatic rings. The third-order valence-electron chi connectivity index (χ3n) is 3.12. The standard InChI is InChI=1S/C17H19/c1-3-8-15-10-5-6-12-17(15)16-11-7-9-14(4-2)13-16/h6-7,9-13H,3-4,8H2,1-2H3. The Kier molecular flexibility index (Phi) is 3.98. The van der Waals surface area contributed by atoms with E-state index in [0.29, 0.717) is 0 Å². The van der Waals surface area contributed by atoms with Gasteiger partial charge < -0.3 is 0 Å². The SMILES string of the molecule is CCCc1c[c]ccc1-c1cccc(CC)c1. The first kappa shape index (κ1) is 11.9. The molecule has 0 N–H and O–H groups in total. The van der Waals surface area contributed by atoms with Crippen LogP contribution in [0.4, 0.5) is 0 Å². The summed E-state index contributed by atoms with van der Waals surface area (Å²) in [6.07, 6.45) is 3.40. The zero-order chi connectivity index (χ0) is 12.1. The molecule has 0 spiro atoms. The fourth-order valence-electron chi connectivity index (χ4n) is 2.18. The summed E-state index contributed by atoms with van der Waals surface area (Å²) in [6, 6.07) is 18.3. The highest BCUT2D eigenvalue weighted by Crippen LogP contribution is 2.25. The third-order valence-corrected chi connectivity index (χ3v) is 3.12. The van der Waals surface area contributed by atoms with E-state index in [4.69, 9.17) is 0 Å². The van der Waals surface area contributed by atoms with E-state index in [9.17, 15) is 0 Å². The highest BCUT2D eigenvalue weighted by Gasteiger charge is 2.04. The summed E-state index contributed by atoms with van der Waals surface area (Å²) in [6.45, 7) is 4.42. The largest absolute Gasteiger partial charge is 0.0651 e. The van der Waals surface area contributed by atoms with Gasteiger partial charge in [0.2, 0.25) is 0 Å². The van der Waals surface area contributed by atoms with Gasteiger partial charge in [0.1, 0.15) is 0 Å². The lowest BCUT2D eigenvalue weighted by Gasteiger charge is -2.09. The molecule has 0 nitrogen and oxygen atoms in total. The zero-order valence-corrected chi connectivity index (χ0v) is 10.7. The Morgan fingerprint density at radius 1 is 1.12 bits per heavy atom. The average molecular weight is 223 g/mol. The van der Waals surface area contributed by atoms with Crippen molar-refractivity contribution in [3.63, 3.8) is 0 Å². The van der Waals surface area contributed by atoms with Crippen molar-refractivity contribution in [2.24, 2.45) is 0 Å². The lowest BCUT2D eigenvalue weighted by molar-refractivity contribution is 0.923. The molecule has 0 fully saturated rings. The number of hydrogen-bond donors (Lipinski definition) is 0. The summed E-state index contributed by atoms with van der Waals surface area (Å²) < 4.78 is 0. The van der Waals surface area contributed by atoms with Crippen LogP contribution < -0.4 is 0 Å². The first-order valence-electron chi connectivity index (χ1n) is 6.43. The molecule has 0 aliphatic rings. The van der Waals surface area contributed by atoms with Gasteiger partial charge in [-0.3, -0.25) is 0 Å². The van der Waals surface area contributed by atoms with E-state index in [2.05, 4.69) is 56.3 Å². The molecule has 2 aromatic carbocycles. The van der Waals surface area contributed by atoms with E-state index < -0.39 is 0 Å². The van der Waals surface area contributed by atoms with E-state index in [0.717, 1.165) is 12.8 Å². The molecule has 0 heterocycles. The van der Waals surface area contributed by atoms with Crippen LogP contribution in [-0.2, 0) is 12.8 Å². The first-order chi connectivity index (χ1) is 8.35. The van der Waals surface area contributed by atoms with Gasteiger partial charge in [0.25, 0.3) is 0 Å². The molecule has 0 aliphatic carbocycles. The average Bonchev–Trinajstić information content (AvgIpc) is 2.40. The molecule has 87 valence electrons. The normalized spacial score (nSPS) is 10.5. The van der Waals surface area contributed by atoms with E-state index in [1.165, 1.54) is 28.7 Å². The molecule has 1 radical (unpaired) electrons. The minimum atomic E-state index is 1.09. The molecule has 0 heteroatoms. The molecule has 0 unspecified atom stereocenters. The molecular formula is C17H19. The van der Waals surface area contributed by atoms with Crippen LogP contribution in [0.1, 0.15) is 31.4 Å². The molecule has 0 bridgehead atoms. The first-order valence-corrected chi connectivity index (χ1v) is 6.43. The maximum Gasteiger partial charge on any atom is -0.0151 e. The predicted octanol–water partition coefficient (Wildman–Crippen LogP) is 4.67. The van der Waals surface area contributed by atoms with Gasteiger partial charge in [-0.15, -0.1) is 0 Å². The van der Waals surface area contributed by atoms with Crippen LogP contribution >= 0.6 is 0 Å². The van der Waals surface area contributed by atoms with Crippen LogP contribution in [0.3, 0.4) is 0 Å². The van der Waals surface area contributed by atoms with Gasteiger partial charge in [-0.1, -0.05) is 62.7 Å². The zero-order valence-electron chi connectivity index (χ0n) is 10.7. The van der Waals surface area contributed by atoms with Crippen LogP contribution in [0.2, 0.25) is 0 Å². The summed E-state index contributed by atoms with van der Waals surface area (Å²) in [7, 11) is 0. The highest BCUT2D eigenvalue weighted by molar-refractivity contribution is 5.67. The second-order valence-electron chi connectivity index (χ2n) is 4.39. The highest BCUT2D eigenvalue weighted by atomic mass is 14.1. The Balaban J connectivity index is 2.44. The topological polar surface area (TPSA) is 0 Å². The lowest BCUT2D eigenvalue weighted by atomic mass is 9.95. The second-order valence-corrected chi connectivity index (χ2v) is 4.39. The minimum Gasteiger partial charge on any atom is -0.0651 e. The van der Waals surface area contributed by atoms with Crippen LogP contribution in [0, 0.1) is 6.07 Å². The van der Waals surface area contributed by atoms with Crippen molar-refractivity contribution in [3.8, 4) is 11.1 Å². The number of benzene rings is 2. The Labute approximate surface area is 104 Å². The minimum absolute atomic E-state index is 1.09. The van der Waals surface area contributed by atoms with Crippen LogP contribution in [-0.4, -0.2) is 0 Å². The molecule has 0 aliphatic heterocycles. The summed E-state index contributed by atoms with van der Waals surface area (Å²) in [5.74, 6) is 0. The maximum atomic E-state index is 3.18. The molecule has 0 aromatic heterocycles. The second kappa shape index (κ2) is 5.67. The smallest absolute Gasteiger partial charge is 0.0151 e. The van der Waals surface area contributed by atoms with Gasteiger partial charge in [-0.05, 0) is 41.2 Å². The Bertz CT molecular complexity index is 483. The number of rotatable bonds is 4. The van der Waals surface area contributed by atoms with E-state index in [1.807, 2.05) is 6.07 Å². The molecule has 17 heavy (non-hydrogen) atoms. The van der Waals surface area contributed by atoms with Crippen molar-refractivity contribution in [3.05, 3.63) is 59.7 Å². The Hall–Kier alpha value is -1.56. The van der Waals surface area contributed by atoms with Crippen LogP contribution in [0.15, 0.2) is 42.5 Å². The quantitative estimate of drug-likeness (QED) is 0.706. The van der Waals surface area contributed by atoms with Gasteiger partial charge >= 0.3 is 0 Å². The van der Waals surface area contributed by atoms with Crippen molar-refractivity contribution in [1.29, 1.82) is 0 Å². The van der Waals surface area contributed by atoms with Crippen molar-refractivity contribution in [2.45, 2.75) is 33.1 Å². The number of hydrogen-bond acceptors (Lipinski definition) is 0. The molecule has 2 rings (SSSR count). The van der Waals surface area contributed by atoms with Crippen molar-refractivity contribution in [1.82, 2.24) is 0 Å². The van der Waals surface area contributed by atoms with Crippen molar-refractivity contribution < 1.29 is 0 Å². The van der Waals surface area contributed by atoms with Gasteiger partial charge in [-0.25, -0.2) is 0 Å². The van der Waals surface area contributed by atoms with Gasteiger partial charge in [-0.2, -0.15) is 0 Å². The van der Waals surface area contributed by atoms with Crippen LogP contribution in [0.25, 0.3) is 11.1 Å². The monoisotopic (exact) mass is 223 g/mol. The Morgan fingerprint density at radius 3 is 2.76 bits per heavy atom. The summed E-state index contributed by atoms with van der Waals surface area (Å²) >= 11 is 0. The fraction of sp³-hybridized carbons (Fsp3) is 0.294. The molecule has 0 amide bonds.